The van der Waals surface area contributed by atoms with Gasteiger partial charge in [-0.3, -0.25) is 10.1 Å². The summed E-state index contributed by atoms with van der Waals surface area (Å²) in [5.41, 5.74) is 0.964. The predicted octanol–water partition coefficient (Wildman–Crippen LogP) is 3.46. The van der Waals surface area contributed by atoms with Crippen LogP contribution in [-0.4, -0.2) is 16.9 Å². The lowest BCUT2D eigenvalue weighted by molar-refractivity contribution is -0.385. The zero-order valence-electron chi connectivity index (χ0n) is 9.61. The highest BCUT2D eigenvalue weighted by molar-refractivity contribution is 9.09. The summed E-state index contributed by atoms with van der Waals surface area (Å²) in [5.74, 6) is 0.617. The second-order valence-corrected chi connectivity index (χ2v) is 5.14. The molecule has 4 nitrogen and oxygen atoms in total. The third kappa shape index (κ3) is 2.60. The lowest BCUT2D eigenvalue weighted by atomic mass is 10.1. The molecule has 1 aliphatic carbocycles. The standard InChI is InChI=1S/C12H14BrNO3/c1-9-10(14(15)16)3-2-4-11(9)17-8-12(7-13)5-6-12/h2-4H,5-8H2,1H3. The maximum Gasteiger partial charge on any atom is 0.276 e. The molecule has 2 rings (SSSR count). The van der Waals surface area contributed by atoms with Gasteiger partial charge in [0, 0.05) is 16.8 Å². The molecular weight excluding hydrogens is 286 g/mol. The summed E-state index contributed by atoms with van der Waals surface area (Å²) in [6.45, 7) is 2.35. The molecule has 0 aromatic heterocycles. The fourth-order valence-electron chi connectivity index (χ4n) is 1.68. The third-order valence-electron chi connectivity index (χ3n) is 3.23. The fourth-order valence-corrected chi connectivity index (χ4v) is 2.40. The van der Waals surface area contributed by atoms with Gasteiger partial charge in [-0.15, -0.1) is 0 Å². The van der Waals surface area contributed by atoms with Crippen LogP contribution in [0, 0.1) is 22.5 Å². The van der Waals surface area contributed by atoms with E-state index in [1.165, 1.54) is 6.07 Å². The van der Waals surface area contributed by atoms with Crippen LogP contribution in [0.4, 0.5) is 5.69 Å². The summed E-state index contributed by atoms with van der Waals surface area (Å²) in [6, 6.07) is 4.94. The Balaban J connectivity index is 2.11. The van der Waals surface area contributed by atoms with Crippen molar-refractivity contribution in [3.05, 3.63) is 33.9 Å². The zero-order valence-corrected chi connectivity index (χ0v) is 11.2. The molecule has 0 spiro atoms. The van der Waals surface area contributed by atoms with Crippen molar-refractivity contribution in [2.24, 2.45) is 5.41 Å². The maximum absolute atomic E-state index is 10.8. The predicted molar refractivity (Wildman–Crippen MR) is 68.8 cm³/mol. The molecule has 17 heavy (non-hydrogen) atoms. The van der Waals surface area contributed by atoms with E-state index >= 15 is 0 Å². The van der Waals surface area contributed by atoms with Gasteiger partial charge in [0.1, 0.15) is 5.75 Å². The number of benzene rings is 1. The van der Waals surface area contributed by atoms with E-state index in [0.29, 0.717) is 17.9 Å². The molecule has 0 radical (unpaired) electrons. The van der Waals surface area contributed by atoms with Crippen LogP contribution in [0.1, 0.15) is 18.4 Å². The molecule has 0 N–H and O–H groups in total. The molecule has 0 atom stereocenters. The van der Waals surface area contributed by atoms with Gasteiger partial charge in [0.2, 0.25) is 0 Å². The van der Waals surface area contributed by atoms with E-state index in [9.17, 15) is 10.1 Å². The van der Waals surface area contributed by atoms with Gasteiger partial charge in [-0.2, -0.15) is 0 Å². The van der Waals surface area contributed by atoms with Crippen LogP contribution in [0.5, 0.6) is 5.75 Å². The minimum atomic E-state index is -0.375. The molecule has 0 amide bonds. The van der Waals surface area contributed by atoms with E-state index in [2.05, 4.69) is 15.9 Å². The number of halogens is 1. The van der Waals surface area contributed by atoms with Gasteiger partial charge >= 0.3 is 0 Å². The third-order valence-corrected chi connectivity index (χ3v) is 4.42. The highest BCUT2D eigenvalue weighted by Crippen LogP contribution is 2.47. The number of nitro groups is 1. The van der Waals surface area contributed by atoms with Crippen LogP contribution in [0.25, 0.3) is 0 Å². The van der Waals surface area contributed by atoms with Gasteiger partial charge in [-0.05, 0) is 25.8 Å². The van der Waals surface area contributed by atoms with E-state index in [1.807, 2.05) is 0 Å². The van der Waals surface area contributed by atoms with Crippen molar-refractivity contribution in [2.75, 3.05) is 11.9 Å². The Morgan fingerprint density at radius 3 is 2.76 bits per heavy atom. The number of alkyl halides is 1. The molecule has 0 aliphatic heterocycles. The number of nitrogens with zero attached hydrogens (tertiary/aromatic N) is 1. The van der Waals surface area contributed by atoms with Crippen LogP contribution >= 0.6 is 15.9 Å². The summed E-state index contributed by atoms with van der Waals surface area (Å²) in [4.78, 5) is 10.4. The molecule has 0 unspecified atom stereocenters. The zero-order chi connectivity index (χ0) is 12.5. The van der Waals surface area contributed by atoms with Gasteiger partial charge in [-0.25, -0.2) is 0 Å². The maximum atomic E-state index is 10.8. The molecule has 1 aromatic carbocycles. The number of ether oxygens (including phenoxy) is 1. The molecule has 0 heterocycles. The van der Waals surface area contributed by atoms with Crippen molar-refractivity contribution in [3.8, 4) is 5.75 Å². The first kappa shape index (κ1) is 12.4. The monoisotopic (exact) mass is 299 g/mol. The lowest BCUT2D eigenvalue weighted by Crippen LogP contribution is -2.14. The van der Waals surface area contributed by atoms with Crippen LogP contribution in [0.15, 0.2) is 18.2 Å². The second kappa shape index (κ2) is 4.64. The highest BCUT2D eigenvalue weighted by Gasteiger charge is 2.42. The van der Waals surface area contributed by atoms with E-state index < -0.39 is 0 Å². The molecule has 0 bridgehead atoms. The van der Waals surface area contributed by atoms with E-state index in [-0.39, 0.29) is 16.0 Å². The normalized spacial score (nSPS) is 16.6. The lowest BCUT2D eigenvalue weighted by Gasteiger charge is -2.14. The Labute approximate surface area is 108 Å². The molecule has 1 fully saturated rings. The minimum Gasteiger partial charge on any atom is -0.492 e. The van der Waals surface area contributed by atoms with E-state index in [4.69, 9.17) is 4.74 Å². The molecule has 92 valence electrons. The van der Waals surface area contributed by atoms with Gasteiger partial charge in [0.05, 0.1) is 17.1 Å². The molecular formula is C12H14BrNO3. The Bertz CT molecular complexity index is 443. The largest absolute Gasteiger partial charge is 0.492 e. The fraction of sp³-hybridized carbons (Fsp3) is 0.500. The molecule has 1 aliphatic rings. The number of hydrogen-bond acceptors (Lipinski definition) is 3. The van der Waals surface area contributed by atoms with Crippen LogP contribution < -0.4 is 4.74 Å². The van der Waals surface area contributed by atoms with Crippen molar-refractivity contribution in [3.63, 3.8) is 0 Å². The number of hydrogen-bond donors (Lipinski definition) is 0. The first-order valence-electron chi connectivity index (χ1n) is 5.51. The number of nitro benzene ring substituents is 1. The van der Waals surface area contributed by atoms with Gasteiger partial charge in [0.15, 0.2) is 0 Å². The second-order valence-electron chi connectivity index (χ2n) is 4.58. The van der Waals surface area contributed by atoms with Crippen molar-refractivity contribution in [1.29, 1.82) is 0 Å². The Morgan fingerprint density at radius 2 is 2.24 bits per heavy atom. The Morgan fingerprint density at radius 1 is 1.53 bits per heavy atom. The SMILES string of the molecule is Cc1c(OCC2(CBr)CC2)cccc1[N+](=O)[O-]. The summed E-state index contributed by atoms with van der Waals surface area (Å²) in [5, 5.41) is 11.7. The summed E-state index contributed by atoms with van der Waals surface area (Å²) >= 11 is 3.47. The highest BCUT2D eigenvalue weighted by atomic mass is 79.9. The van der Waals surface area contributed by atoms with Gasteiger partial charge in [0.25, 0.3) is 5.69 Å². The minimum absolute atomic E-state index is 0.117. The average molecular weight is 300 g/mol. The molecule has 5 heteroatoms. The first-order chi connectivity index (χ1) is 8.08. The van der Waals surface area contributed by atoms with Crippen molar-refractivity contribution < 1.29 is 9.66 Å². The van der Waals surface area contributed by atoms with Crippen LogP contribution in [0.2, 0.25) is 0 Å². The van der Waals surface area contributed by atoms with Gasteiger partial charge < -0.3 is 4.74 Å². The van der Waals surface area contributed by atoms with Crippen LogP contribution in [-0.2, 0) is 0 Å². The average Bonchev–Trinajstić information content (AvgIpc) is 3.08. The Hall–Kier alpha value is -1.10. The molecule has 0 saturated heterocycles. The van der Waals surface area contributed by atoms with Crippen molar-refractivity contribution >= 4 is 21.6 Å². The molecule has 1 saturated carbocycles. The first-order valence-corrected chi connectivity index (χ1v) is 6.63. The summed E-state index contributed by atoms with van der Waals surface area (Å²) in [7, 11) is 0. The van der Waals surface area contributed by atoms with E-state index in [0.717, 1.165) is 18.2 Å². The number of rotatable bonds is 5. The summed E-state index contributed by atoms with van der Waals surface area (Å²) in [6.07, 6.45) is 2.32. The van der Waals surface area contributed by atoms with E-state index in [1.54, 1.807) is 19.1 Å². The van der Waals surface area contributed by atoms with Crippen molar-refractivity contribution in [2.45, 2.75) is 19.8 Å². The van der Waals surface area contributed by atoms with Crippen molar-refractivity contribution in [1.82, 2.24) is 0 Å². The molecule has 1 aromatic rings. The smallest absolute Gasteiger partial charge is 0.276 e. The summed E-state index contributed by atoms with van der Waals surface area (Å²) < 4.78 is 5.71. The van der Waals surface area contributed by atoms with Crippen LogP contribution in [0.3, 0.4) is 0 Å². The van der Waals surface area contributed by atoms with Gasteiger partial charge in [-0.1, -0.05) is 22.0 Å². The topological polar surface area (TPSA) is 52.4 Å². The Kier molecular flexibility index (Phi) is 3.38. The quantitative estimate of drug-likeness (QED) is 0.475.